The Hall–Kier alpha value is -1.12. The highest BCUT2D eigenvalue weighted by atomic mass is 127. The quantitative estimate of drug-likeness (QED) is 0.229. The number of rotatable bonds is 7. The van der Waals surface area contributed by atoms with E-state index in [2.05, 4.69) is 54.6 Å². The molecular formula is C22H36IN3O2. The van der Waals surface area contributed by atoms with E-state index in [0.717, 1.165) is 50.7 Å². The minimum atomic E-state index is -0.604. The predicted octanol–water partition coefficient (Wildman–Crippen LogP) is 3.93. The molecule has 0 aromatic heterocycles. The maximum Gasteiger partial charge on any atom is 0.191 e. The van der Waals surface area contributed by atoms with Crippen LogP contribution in [0.25, 0.3) is 0 Å². The summed E-state index contributed by atoms with van der Waals surface area (Å²) in [5.74, 6) is 0.746. The monoisotopic (exact) mass is 501 g/mol. The van der Waals surface area contributed by atoms with Gasteiger partial charge in [0.2, 0.25) is 0 Å². The van der Waals surface area contributed by atoms with Crippen molar-refractivity contribution >= 4 is 29.9 Å². The molecule has 3 N–H and O–H groups in total. The van der Waals surface area contributed by atoms with E-state index >= 15 is 0 Å². The normalized spacial score (nSPS) is 16.0. The molecule has 1 aromatic carbocycles. The molecule has 1 atom stereocenters. The highest BCUT2D eigenvalue weighted by Crippen LogP contribution is 2.24. The molecule has 6 heteroatoms. The van der Waals surface area contributed by atoms with Crippen LogP contribution in [-0.2, 0) is 10.2 Å². The Balaban J connectivity index is 0.00000392. The highest BCUT2D eigenvalue weighted by molar-refractivity contribution is 14.0. The summed E-state index contributed by atoms with van der Waals surface area (Å²) < 4.78 is 5.34. The number of halogens is 1. The Kier molecular flexibility index (Phi) is 11.1. The van der Waals surface area contributed by atoms with Gasteiger partial charge in [-0.15, -0.1) is 24.0 Å². The first-order chi connectivity index (χ1) is 12.9. The van der Waals surface area contributed by atoms with E-state index in [1.165, 1.54) is 11.1 Å². The lowest BCUT2D eigenvalue weighted by molar-refractivity contribution is 0.153. The molecule has 1 unspecified atom stereocenters. The summed E-state index contributed by atoms with van der Waals surface area (Å²) in [7, 11) is 0. The van der Waals surface area contributed by atoms with E-state index in [1.54, 1.807) is 0 Å². The number of aliphatic imine (C=N–C) groups is 1. The zero-order valence-electron chi connectivity index (χ0n) is 17.6. The second-order valence-corrected chi connectivity index (χ2v) is 7.97. The summed E-state index contributed by atoms with van der Waals surface area (Å²) in [4.78, 5) is 4.54. The lowest BCUT2D eigenvalue weighted by atomic mass is 9.86. The molecule has 1 aliphatic heterocycles. The predicted molar refractivity (Wildman–Crippen MR) is 128 cm³/mol. The van der Waals surface area contributed by atoms with Crippen molar-refractivity contribution in [1.82, 2.24) is 10.6 Å². The number of hydrogen-bond acceptors (Lipinski definition) is 3. The molecule has 1 aliphatic rings. The number of hydrogen-bond donors (Lipinski definition) is 3. The fourth-order valence-corrected chi connectivity index (χ4v) is 2.96. The van der Waals surface area contributed by atoms with Crippen LogP contribution >= 0.6 is 24.0 Å². The van der Waals surface area contributed by atoms with E-state index in [4.69, 9.17) is 4.74 Å². The summed E-state index contributed by atoms with van der Waals surface area (Å²) in [6.45, 7) is 12.1. The van der Waals surface area contributed by atoms with Crippen LogP contribution in [0.4, 0.5) is 0 Å². The molecule has 0 bridgehead atoms. The van der Waals surface area contributed by atoms with Crippen LogP contribution in [-0.4, -0.2) is 43.9 Å². The fourth-order valence-electron chi connectivity index (χ4n) is 2.96. The summed E-state index contributed by atoms with van der Waals surface area (Å²) in [6.07, 6.45) is 3.57. The van der Waals surface area contributed by atoms with Crippen LogP contribution in [0.15, 0.2) is 40.9 Å². The molecule has 28 heavy (non-hydrogen) atoms. The van der Waals surface area contributed by atoms with Crippen molar-refractivity contribution in [1.29, 1.82) is 0 Å². The van der Waals surface area contributed by atoms with Crippen LogP contribution < -0.4 is 10.6 Å². The Labute approximate surface area is 187 Å². The number of nitrogens with one attached hydrogen (secondary N) is 2. The maximum atomic E-state index is 10.5. The average Bonchev–Trinajstić information content (AvgIpc) is 2.66. The Morgan fingerprint density at radius 3 is 2.50 bits per heavy atom. The second kappa shape index (κ2) is 12.4. The molecule has 1 heterocycles. The molecule has 0 fully saturated rings. The number of nitrogens with zero attached hydrogens (tertiary/aromatic N) is 1. The molecule has 0 aliphatic carbocycles. The SMILES string of the molecule is CCNC(=NCC(O)c1ccc(C(C)(C)C)cc1)NCCC1=CCOCC1.I. The molecular weight excluding hydrogens is 465 g/mol. The summed E-state index contributed by atoms with van der Waals surface area (Å²) in [5, 5.41) is 17.1. The van der Waals surface area contributed by atoms with Gasteiger partial charge in [-0.3, -0.25) is 4.99 Å². The zero-order valence-corrected chi connectivity index (χ0v) is 20.0. The molecule has 0 saturated heterocycles. The molecule has 5 nitrogen and oxygen atoms in total. The lowest BCUT2D eigenvalue weighted by Crippen LogP contribution is -2.38. The number of ether oxygens (including phenoxy) is 1. The van der Waals surface area contributed by atoms with Gasteiger partial charge < -0.3 is 20.5 Å². The van der Waals surface area contributed by atoms with Crippen molar-refractivity contribution in [2.24, 2.45) is 4.99 Å². The molecule has 0 amide bonds. The summed E-state index contributed by atoms with van der Waals surface area (Å²) >= 11 is 0. The van der Waals surface area contributed by atoms with Crippen LogP contribution in [0.2, 0.25) is 0 Å². The van der Waals surface area contributed by atoms with Crippen molar-refractivity contribution in [2.75, 3.05) is 32.8 Å². The first-order valence-electron chi connectivity index (χ1n) is 9.96. The lowest BCUT2D eigenvalue weighted by Gasteiger charge is -2.20. The first kappa shape index (κ1) is 24.9. The maximum absolute atomic E-state index is 10.5. The molecule has 0 saturated carbocycles. The van der Waals surface area contributed by atoms with Gasteiger partial charge in [0.05, 0.1) is 25.9 Å². The fraction of sp³-hybridized carbons (Fsp3) is 0.591. The zero-order chi connectivity index (χ0) is 19.7. The van der Waals surface area contributed by atoms with Crippen molar-refractivity contribution in [2.45, 2.75) is 52.1 Å². The van der Waals surface area contributed by atoms with Gasteiger partial charge in [-0.1, -0.05) is 56.7 Å². The second-order valence-electron chi connectivity index (χ2n) is 7.97. The standard InChI is InChI=1S/C22H35N3O2.HI/c1-5-23-21(24-13-10-17-11-14-27-15-12-17)25-16-20(26)18-6-8-19(9-7-18)22(2,3)4;/h6-9,11,20,26H,5,10,12-16H2,1-4H3,(H2,23,24,25);1H. The molecule has 2 rings (SSSR count). The number of aliphatic hydroxyl groups is 1. The number of aliphatic hydroxyl groups excluding tert-OH is 1. The summed E-state index contributed by atoms with van der Waals surface area (Å²) in [6, 6.07) is 8.18. The van der Waals surface area contributed by atoms with Crippen molar-refractivity contribution in [3.8, 4) is 0 Å². The van der Waals surface area contributed by atoms with Gasteiger partial charge in [-0.05, 0) is 36.3 Å². The average molecular weight is 501 g/mol. The van der Waals surface area contributed by atoms with Gasteiger partial charge >= 0.3 is 0 Å². The third-order valence-electron chi connectivity index (χ3n) is 4.72. The Morgan fingerprint density at radius 1 is 1.21 bits per heavy atom. The van der Waals surface area contributed by atoms with E-state index in [-0.39, 0.29) is 29.4 Å². The van der Waals surface area contributed by atoms with Crippen molar-refractivity contribution < 1.29 is 9.84 Å². The third kappa shape index (κ3) is 8.49. The van der Waals surface area contributed by atoms with Gasteiger partial charge in [0.15, 0.2) is 5.96 Å². The van der Waals surface area contributed by atoms with Gasteiger partial charge in [-0.2, -0.15) is 0 Å². The third-order valence-corrected chi connectivity index (χ3v) is 4.72. The molecule has 0 radical (unpaired) electrons. The van der Waals surface area contributed by atoms with Crippen molar-refractivity contribution in [3.63, 3.8) is 0 Å². The van der Waals surface area contributed by atoms with Crippen LogP contribution in [0.5, 0.6) is 0 Å². The largest absolute Gasteiger partial charge is 0.386 e. The topological polar surface area (TPSA) is 65.9 Å². The van der Waals surface area contributed by atoms with E-state index in [1.807, 2.05) is 19.1 Å². The van der Waals surface area contributed by atoms with Crippen LogP contribution in [0.1, 0.15) is 57.8 Å². The summed E-state index contributed by atoms with van der Waals surface area (Å²) in [5.41, 5.74) is 3.71. The minimum absolute atomic E-state index is 0. The first-order valence-corrected chi connectivity index (χ1v) is 9.96. The van der Waals surface area contributed by atoms with Crippen molar-refractivity contribution in [3.05, 3.63) is 47.0 Å². The molecule has 158 valence electrons. The Bertz CT molecular complexity index is 636. The van der Waals surface area contributed by atoms with Gasteiger partial charge in [-0.25, -0.2) is 0 Å². The van der Waals surface area contributed by atoms with Gasteiger partial charge in [0.1, 0.15) is 0 Å². The number of guanidine groups is 1. The number of benzene rings is 1. The molecule has 1 aromatic rings. The van der Waals surface area contributed by atoms with E-state index in [9.17, 15) is 5.11 Å². The highest BCUT2D eigenvalue weighted by Gasteiger charge is 2.14. The van der Waals surface area contributed by atoms with Gasteiger partial charge in [0, 0.05) is 13.1 Å². The minimum Gasteiger partial charge on any atom is -0.386 e. The van der Waals surface area contributed by atoms with Crippen LogP contribution in [0, 0.1) is 0 Å². The van der Waals surface area contributed by atoms with Gasteiger partial charge in [0.25, 0.3) is 0 Å². The Morgan fingerprint density at radius 2 is 1.93 bits per heavy atom. The van der Waals surface area contributed by atoms with Crippen LogP contribution in [0.3, 0.4) is 0 Å². The molecule has 0 spiro atoms. The van der Waals surface area contributed by atoms with E-state index in [0.29, 0.717) is 6.54 Å². The van der Waals surface area contributed by atoms with E-state index < -0.39 is 6.10 Å². The smallest absolute Gasteiger partial charge is 0.191 e.